The number of thiophene rings is 3. The lowest BCUT2D eigenvalue weighted by atomic mass is 9.99. The molecule has 568 valence electrons. The Kier molecular flexibility index (Phi) is 49.5. The minimum atomic E-state index is -0.495. The van der Waals surface area contributed by atoms with E-state index >= 15 is 0 Å². The minimum absolute atomic E-state index is 0.137. The second-order valence-electron chi connectivity index (χ2n) is 28.6. The molecule has 104 heavy (non-hydrogen) atoms. The number of rotatable bonds is 11. The molecule has 0 amide bonds. The van der Waals surface area contributed by atoms with Crippen molar-refractivity contribution in [3.05, 3.63) is 323 Å². The Balaban J connectivity index is 0.000000573. The summed E-state index contributed by atoms with van der Waals surface area (Å²) in [5.41, 5.74) is 12.0. The van der Waals surface area contributed by atoms with Gasteiger partial charge in [0.1, 0.15) is 23.2 Å². The van der Waals surface area contributed by atoms with Crippen molar-refractivity contribution in [2.45, 2.75) is 238 Å². The van der Waals surface area contributed by atoms with Crippen LogP contribution >= 0.6 is 93.4 Å². The Morgan fingerprint density at radius 1 is 0.385 bits per heavy atom. The molecule has 0 atom stereocenters. The highest BCUT2D eigenvalue weighted by molar-refractivity contribution is 9.11. The van der Waals surface area contributed by atoms with Crippen LogP contribution in [0.15, 0.2) is 233 Å². The van der Waals surface area contributed by atoms with Crippen LogP contribution in [0.4, 0.5) is 13.2 Å². The highest BCUT2D eigenvalue weighted by Gasteiger charge is 2.15. The first-order valence-corrected chi connectivity index (χ1v) is 41.7. The Morgan fingerprint density at radius 3 is 1.29 bits per heavy atom. The van der Waals surface area contributed by atoms with Gasteiger partial charge in [-0.1, -0.05) is 282 Å². The van der Waals surface area contributed by atoms with E-state index in [0.717, 1.165) is 20.8 Å². The van der Waals surface area contributed by atoms with Gasteiger partial charge in [0.2, 0.25) is 0 Å². The lowest BCUT2D eigenvalue weighted by Crippen LogP contribution is -1.98. The third kappa shape index (κ3) is 40.5. The van der Waals surface area contributed by atoms with Crippen molar-refractivity contribution in [1.29, 1.82) is 0 Å². The van der Waals surface area contributed by atoms with E-state index in [2.05, 4.69) is 319 Å². The molecular weight excluding hydrogens is 1570 g/mol. The molecule has 0 N–H and O–H groups in total. The number of aryl methyl sites for hydroxylation is 3. The average molecular weight is 1690 g/mol. The maximum atomic E-state index is 13.2. The summed E-state index contributed by atoms with van der Waals surface area (Å²) in [5.74, 6) is 5.76. The van der Waals surface area contributed by atoms with Gasteiger partial charge < -0.3 is 8.83 Å². The molecule has 0 aliphatic carbocycles. The summed E-state index contributed by atoms with van der Waals surface area (Å²) < 4.78 is 51.3. The van der Waals surface area contributed by atoms with Crippen LogP contribution in [0.25, 0.3) is 0 Å². The van der Waals surface area contributed by atoms with Crippen LogP contribution in [-0.4, -0.2) is 0 Å². The van der Waals surface area contributed by atoms with Crippen molar-refractivity contribution in [1.82, 2.24) is 0 Å². The topological polar surface area (TPSA) is 26.3 Å². The van der Waals surface area contributed by atoms with Crippen LogP contribution in [0.3, 0.4) is 0 Å². The van der Waals surface area contributed by atoms with E-state index in [4.69, 9.17) is 20.4 Å². The van der Waals surface area contributed by atoms with Crippen molar-refractivity contribution in [3.63, 3.8) is 0 Å². The van der Waals surface area contributed by atoms with Crippen molar-refractivity contribution in [2.24, 2.45) is 0 Å². The average Bonchev–Trinajstić information content (AvgIpc) is 1.28. The highest BCUT2D eigenvalue weighted by atomic mass is 79.9. The molecule has 6 aromatic carbocycles. The smallest absolute Gasteiger partial charge is 0.143 e. The Bertz CT molecular complexity index is 3750. The zero-order valence-corrected chi connectivity index (χ0v) is 74.7. The van der Waals surface area contributed by atoms with Crippen LogP contribution in [0, 0.1) is 38.2 Å². The molecule has 0 aliphatic heterocycles. The molecule has 0 fully saturated rings. The molecule has 2 nitrogen and oxygen atoms in total. The predicted molar refractivity (Wildman–Crippen MR) is 466 cm³/mol. The normalized spacial score (nSPS) is 10.5. The number of furan rings is 2. The largest absolute Gasteiger partial charge is 0.472 e. The number of hydrogen-bond acceptors (Lipinski definition) is 5. The lowest BCUT2D eigenvalue weighted by Gasteiger charge is -2.08. The minimum Gasteiger partial charge on any atom is -0.472 e. The van der Waals surface area contributed by atoms with E-state index in [-0.39, 0.29) is 23.2 Å². The van der Waals surface area contributed by atoms with Crippen molar-refractivity contribution >= 4 is 93.4 Å². The molecular formula is C92H121Br3ClF3O2S3. The van der Waals surface area contributed by atoms with E-state index in [1.54, 1.807) is 50.0 Å². The van der Waals surface area contributed by atoms with Crippen LogP contribution in [-0.2, 0) is 0 Å². The van der Waals surface area contributed by atoms with Crippen LogP contribution < -0.4 is 0 Å². The summed E-state index contributed by atoms with van der Waals surface area (Å²) in [6.07, 6.45) is 5.19. The SMILES string of the molecule is CC(C)c1c(F)ccc(Br)c1F.CC(C)c1cc(Cl)cc(Br)c1.CC(C)c1cccc(Br)c1F.CC(C)c1ccccc1.CC(C)c1ccco1.CC(C)c1cccs1.CC(C)c1ccoc1.CC(C)c1ccsc1.Cc1ccc(C(C)C)s1.Cc1cccc(C(C)C)c1.Cc1ccccc1C(C)C. The van der Waals surface area contributed by atoms with Gasteiger partial charge in [-0.3, -0.25) is 0 Å². The second-order valence-corrected chi connectivity index (χ2v) is 34.7. The van der Waals surface area contributed by atoms with Crippen LogP contribution in [0.1, 0.15) is 293 Å². The van der Waals surface area contributed by atoms with E-state index in [0.29, 0.717) is 62.2 Å². The second kappa shape index (κ2) is 53.3. The molecule has 0 saturated heterocycles. The first-order valence-electron chi connectivity index (χ1n) is 36.3. The summed E-state index contributed by atoms with van der Waals surface area (Å²) in [6, 6.07) is 58.5. The fourth-order valence-corrected chi connectivity index (χ4v) is 13.3. The summed E-state index contributed by atoms with van der Waals surface area (Å²) in [4.78, 5) is 4.39. The molecule has 12 heteroatoms. The van der Waals surface area contributed by atoms with Crippen LogP contribution in [0.2, 0.25) is 5.02 Å². The van der Waals surface area contributed by atoms with E-state index in [1.165, 1.54) is 71.3 Å². The first-order chi connectivity index (χ1) is 48.9. The molecule has 0 unspecified atom stereocenters. The maximum Gasteiger partial charge on any atom is 0.143 e. The van der Waals surface area contributed by atoms with Gasteiger partial charge in [0.05, 0.1) is 27.7 Å². The number of hydrogen-bond donors (Lipinski definition) is 0. The zero-order valence-electron chi connectivity index (χ0n) is 66.7. The van der Waals surface area contributed by atoms with Crippen molar-refractivity contribution in [2.75, 3.05) is 0 Å². The van der Waals surface area contributed by atoms with Gasteiger partial charge >= 0.3 is 0 Å². The summed E-state index contributed by atoms with van der Waals surface area (Å²) >= 11 is 20.9. The van der Waals surface area contributed by atoms with Crippen LogP contribution in [0.5, 0.6) is 0 Å². The first kappa shape index (κ1) is 96.5. The predicted octanol–water partition coefficient (Wildman–Crippen LogP) is 34.6. The lowest BCUT2D eigenvalue weighted by molar-refractivity contribution is 0.487. The van der Waals surface area contributed by atoms with E-state index in [9.17, 15) is 13.2 Å². The summed E-state index contributed by atoms with van der Waals surface area (Å²) in [6.45, 7) is 53.3. The zero-order chi connectivity index (χ0) is 78.8. The van der Waals surface area contributed by atoms with Gasteiger partial charge in [0.15, 0.2) is 0 Å². The molecule has 5 heterocycles. The Morgan fingerprint density at radius 2 is 0.942 bits per heavy atom. The van der Waals surface area contributed by atoms with Gasteiger partial charge in [-0.05, 0) is 251 Å². The fraction of sp³-hybridized carbons (Fsp3) is 0.391. The third-order valence-corrected chi connectivity index (χ3v) is 20.8. The number of halogens is 7. The highest BCUT2D eigenvalue weighted by Crippen LogP contribution is 2.30. The number of benzene rings is 6. The molecule has 0 saturated carbocycles. The van der Waals surface area contributed by atoms with E-state index in [1.807, 2.05) is 85.1 Å². The van der Waals surface area contributed by atoms with Gasteiger partial charge in [-0.15, -0.1) is 22.7 Å². The maximum absolute atomic E-state index is 13.2. The standard InChI is InChI=1S/2C10H14.C9H10BrCl.C9H9BrF2.C9H10BrF.C9H12.C8H12S.2C7H10O.2C7H10S/c1-8(2)10-6-4-5-9(3)7-10;1-8(2)10-7-5-4-6-9(10)3;1-6(2)7-3-8(10)5-9(11)4-7;1-5(2)8-7(11)4-3-6(10)9(8)12;1-6(2)7-4-3-5-8(10)9(7)11;1-8(2)9-6-4-3-5-7-9;1-6(2)8-5-4-7(3)9-8;1-6(2)7-3-4-8-5-7;1-6(2)7-4-3-5-8-7;1-6(2)7-3-4-8-5-7;1-6(2)7-4-3-5-8-7/h2*4-8H,1-3H3;3-6H,1-2H3;3-5H,1-2H3;3-6H,1-2H3;3-8H,1-2H3;4-6H,1-3H3;4*3-6H,1-2H3. The summed E-state index contributed by atoms with van der Waals surface area (Å²) in [7, 11) is 0. The van der Waals surface area contributed by atoms with Gasteiger partial charge in [0, 0.05) is 35.6 Å². The molecule has 0 aliphatic rings. The van der Waals surface area contributed by atoms with Crippen molar-refractivity contribution < 1.29 is 22.0 Å². The molecule has 11 rings (SSSR count). The fourth-order valence-electron chi connectivity index (χ4n) is 9.26. The molecule has 5 aromatic heterocycles. The molecule has 0 bridgehead atoms. The summed E-state index contributed by atoms with van der Waals surface area (Å²) in [5, 5.41) is 7.23. The molecule has 11 aromatic rings. The van der Waals surface area contributed by atoms with E-state index < -0.39 is 11.6 Å². The Labute approximate surface area is 670 Å². The monoisotopic (exact) mass is 1680 g/mol. The van der Waals surface area contributed by atoms with Gasteiger partial charge in [-0.2, -0.15) is 11.3 Å². The third-order valence-electron chi connectivity index (χ3n) is 15.8. The van der Waals surface area contributed by atoms with Crippen molar-refractivity contribution in [3.8, 4) is 0 Å². The molecule has 0 radical (unpaired) electrons. The molecule has 0 spiro atoms. The Hall–Kier alpha value is -5.50. The van der Waals surface area contributed by atoms with Gasteiger partial charge in [-0.25, -0.2) is 13.2 Å². The quantitative estimate of drug-likeness (QED) is 0.121. The van der Waals surface area contributed by atoms with Gasteiger partial charge in [0.25, 0.3) is 0 Å².